The van der Waals surface area contributed by atoms with Gasteiger partial charge in [-0.05, 0) is 53.6 Å². The summed E-state index contributed by atoms with van der Waals surface area (Å²) >= 11 is 1.61. The van der Waals surface area contributed by atoms with Crippen molar-refractivity contribution in [3.63, 3.8) is 0 Å². The van der Waals surface area contributed by atoms with Gasteiger partial charge < -0.3 is 9.77 Å². The van der Waals surface area contributed by atoms with Crippen LogP contribution in [0.15, 0.2) is 121 Å². The van der Waals surface area contributed by atoms with E-state index in [2.05, 4.69) is 0 Å². The summed E-state index contributed by atoms with van der Waals surface area (Å²) in [5, 5.41) is 12.2. The van der Waals surface area contributed by atoms with Crippen LogP contribution in [0, 0.1) is 11.0 Å². The first-order valence-corrected chi connectivity index (χ1v) is 15.6. The lowest BCUT2D eigenvalue weighted by Crippen LogP contribution is -2.25. The average molecular weight is 596 g/mol. The Balaban J connectivity index is 1.37. The highest BCUT2D eigenvalue weighted by Crippen LogP contribution is 2.42. The van der Waals surface area contributed by atoms with Crippen molar-refractivity contribution in [2.75, 3.05) is 0 Å². The maximum atomic E-state index is 14.1. The van der Waals surface area contributed by atoms with E-state index in [-0.39, 0.29) is 27.4 Å². The Labute approximate surface area is 245 Å². The van der Waals surface area contributed by atoms with Crippen LogP contribution in [0.5, 0.6) is 0 Å². The van der Waals surface area contributed by atoms with Gasteiger partial charge in [-0.15, -0.1) is 11.8 Å². The van der Waals surface area contributed by atoms with E-state index in [9.17, 15) is 22.8 Å². The number of halogens is 1. The Morgan fingerprint density at radius 2 is 1.69 bits per heavy atom. The monoisotopic (exact) mass is 595 g/mol. The van der Waals surface area contributed by atoms with Gasteiger partial charge in [0.15, 0.2) is 18.2 Å². The highest BCUT2D eigenvalue weighted by Gasteiger charge is 2.32. The van der Waals surface area contributed by atoms with Crippen molar-refractivity contribution in [1.29, 1.82) is 0 Å². The minimum absolute atomic E-state index is 0.0931. The zero-order valence-electron chi connectivity index (χ0n) is 21.9. The van der Waals surface area contributed by atoms with E-state index in [0.717, 1.165) is 20.0 Å². The van der Waals surface area contributed by atoms with E-state index in [1.54, 1.807) is 72.4 Å². The molecule has 208 valence electrons. The first-order chi connectivity index (χ1) is 20.3. The number of aromatic nitrogens is 3. The number of carbonyl (C=O) groups is 1. The topological polar surface area (TPSA) is 88.0 Å². The van der Waals surface area contributed by atoms with Crippen LogP contribution in [0.4, 0.5) is 4.39 Å². The SMILES string of the molecule is O=C(c1ccn2c1CSC2c1ccc[n+]([O-])c1)c1cn(S(=O)(=O)c2ccccc2)c2cc(-c3ccc(F)cc3)ccc12. The molecule has 4 heterocycles. The van der Waals surface area contributed by atoms with Crippen molar-refractivity contribution in [2.45, 2.75) is 16.0 Å². The van der Waals surface area contributed by atoms with Gasteiger partial charge in [0.2, 0.25) is 0 Å². The lowest BCUT2D eigenvalue weighted by molar-refractivity contribution is -0.605. The number of benzene rings is 3. The molecule has 10 heteroatoms. The van der Waals surface area contributed by atoms with Crippen LogP contribution >= 0.6 is 11.8 Å². The van der Waals surface area contributed by atoms with Gasteiger partial charge in [-0.3, -0.25) is 4.79 Å². The average Bonchev–Trinajstić information content (AvgIpc) is 3.71. The molecule has 0 fully saturated rings. The molecule has 0 saturated carbocycles. The van der Waals surface area contributed by atoms with Gasteiger partial charge in [0.25, 0.3) is 10.0 Å². The normalized spacial score (nSPS) is 14.7. The third kappa shape index (κ3) is 4.31. The van der Waals surface area contributed by atoms with Crippen molar-refractivity contribution in [3.05, 3.63) is 149 Å². The van der Waals surface area contributed by atoms with Crippen LogP contribution < -0.4 is 4.73 Å². The largest absolute Gasteiger partial charge is 0.619 e. The van der Waals surface area contributed by atoms with Gasteiger partial charge in [-0.25, -0.2) is 16.8 Å². The molecule has 7 rings (SSSR count). The zero-order valence-corrected chi connectivity index (χ0v) is 23.6. The zero-order chi connectivity index (χ0) is 29.0. The van der Waals surface area contributed by atoms with Crippen LogP contribution in [0.1, 0.15) is 32.6 Å². The summed E-state index contributed by atoms with van der Waals surface area (Å²) in [4.78, 5) is 14.2. The minimum Gasteiger partial charge on any atom is -0.619 e. The molecule has 1 atom stereocenters. The third-order valence-corrected chi connectivity index (χ3v) is 10.4. The summed E-state index contributed by atoms with van der Waals surface area (Å²) in [6.45, 7) is 0. The molecule has 0 saturated heterocycles. The van der Waals surface area contributed by atoms with Crippen molar-refractivity contribution >= 4 is 38.5 Å². The number of hydrogen-bond acceptors (Lipinski definition) is 5. The molecule has 0 aliphatic carbocycles. The number of nitrogens with zero attached hydrogens (tertiary/aromatic N) is 3. The van der Waals surface area contributed by atoms with Crippen LogP contribution in [-0.4, -0.2) is 22.7 Å². The standard InChI is InChI=1S/C32H22FN3O4S2/c33-24-11-8-21(9-12-24)22-10-13-26-28(19-36(29(26)17-22)42(39,40)25-6-2-1-3-7-25)31(37)27-14-16-35-30(27)20-41-32(35)23-5-4-15-34(38)18-23/h1-19,32H,20H2. The maximum Gasteiger partial charge on any atom is 0.268 e. The van der Waals surface area contributed by atoms with E-state index >= 15 is 0 Å². The number of ketones is 1. The van der Waals surface area contributed by atoms with Crippen LogP contribution in [-0.2, 0) is 15.8 Å². The van der Waals surface area contributed by atoms with Crippen molar-refractivity contribution in [2.24, 2.45) is 0 Å². The number of pyridine rings is 1. The molecule has 0 spiro atoms. The van der Waals surface area contributed by atoms with Gasteiger partial charge in [-0.2, -0.15) is 4.73 Å². The van der Waals surface area contributed by atoms with Crippen LogP contribution in [0.3, 0.4) is 0 Å². The smallest absolute Gasteiger partial charge is 0.268 e. The molecular formula is C32H22FN3O4S2. The highest BCUT2D eigenvalue weighted by atomic mass is 32.2. The Morgan fingerprint density at radius 1 is 0.929 bits per heavy atom. The molecule has 1 aliphatic rings. The van der Waals surface area contributed by atoms with Crippen LogP contribution in [0.25, 0.3) is 22.0 Å². The van der Waals surface area contributed by atoms with E-state index in [4.69, 9.17) is 0 Å². The number of rotatable bonds is 6. The summed E-state index contributed by atoms with van der Waals surface area (Å²) in [5.74, 6) is -0.108. The molecule has 7 nitrogen and oxygen atoms in total. The van der Waals surface area contributed by atoms with E-state index in [1.165, 1.54) is 42.9 Å². The Bertz CT molecular complexity index is 2100. The number of thioether (sulfide) groups is 1. The third-order valence-electron chi connectivity index (χ3n) is 7.48. The maximum absolute atomic E-state index is 14.1. The van der Waals surface area contributed by atoms with Gasteiger partial charge in [-0.1, -0.05) is 42.5 Å². The molecular weight excluding hydrogens is 574 g/mol. The first-order valence-electron chi connectivity index (χ1n) is 13.1. The molecule has 6 aromatic rings. The molecule has 0 bridgehead atoms. The second kappa shape index (κ2) is 10.0. The summed E-state index contributed by atoms with van der Waals surface area (Å²) < 4.78 is 45.2. The second-order valence-electron chi connectivity index (χ2n) is 9.97. The number of fused-ring (bicyclic) bond motifs is 2. The van der Waals surface area contributed by atoms with Crippen molar-refractivity contribution < 1.29 is 22.3 Å². The van der Waals surface area contributed by atoms with Gasteiger partial charge in [0.1, 0.15) is 11.2 Å². The Kier molecular flexibility index (Phi) is 6.25. The van der Waals surface area contributed by atoms with Crippen LogP contribution in [0.2, 0.25) is 0 Å². The lowest BCUT2D eigenvalue weighted by Gasteiger charge is -2.11. The quantitative estimate of drug-likeness (QED) is 0.131. The Morgan fingerprint density at radius 3 is 2.45 bits per heavy atom. The molecule has 0 radical (unpaired) electrons. The molecule has 1 unspecified atom stereocenters. The van der Waals surface area contributed by atoms with Crippen molar-refractivity contribution in [3.8, 4) is 11.1 Å². The molecule has 3 aromatic heterocycles. The molecule has 0 amide bonds. The summed E-state index contributed by atoms with van der Waals surface area (Å²) in [6.07, 6.45) is 6.18. The summed E-state index contributed by atoms with van der Waals surface area (Å²) in [6, 6.07) is 24.6. The minimum atomic E-state index is -4.05. The predicted molar refractivity (Wildman–Crippen MR) is 159 cm³/mol. The molecule has 0 N–H and O–H groups in total. The molecule has 3 aromatic carbocycles. The van der Waals surface area contributed by atoms with Gasteiger partial charge >= 0.3 is 0 Å². The van der Waals surface area contributed by atoms with Gasteiger partial charge in [0, 0.05) is 46.4 Å². The summed E-state index contributed by atoms with van der Waals surface area (Å²) in [7, 11) is -4.05. The second-order valence-corrected chi connectivity index (χ2v) is 12.9. The molecule has 1 aliphatic heterocycles. The fourth-order valence-electron chi connectivity index (χ4n) is 5.42. The Hall–Kier alpha value is -4.67. The lowest BCUT2D eigenvalue weighted by atomic mass is 10.00. The number of carbonyl (C=O) groups excluding carboxylic acids is 1. The highest BCUT2D eigenvalue weighted by molar-refractivity contribution is 7.99. The van der Waals surface area contributed by atoms with E-state index in [1.807, 2.05) is 16.8 Å². The van der Waals surface area contributed by atoms with Gasteiger partial charge in [0.05, 0.1) is 16.0 Å². The van der Waals surface area contributed by atoms with E-state index in [0.29, 0.717) is 33.3 Å². The predicted octanol–water partition coefficient (Wildman–Crippen LogP) is 6.14. The molecule has 42 heavy (non-hydrogen) atoms. The van der Waals surface area contributed by atoms with Crippen molar-refractivity contribution in [1.82, 2.24) is 8.54 Å². The van der Waals surface area contributed by atoms with E-state index < -0.39 is 10.0 Å². The fourth-order valence-corrected chi connectivity index (χ4v) is 8.12. The fraction of sp³-hybridized carbons (Fsp3) is 0.0625. The summed E-state index contributed by atoms with van der Waals surface area (Å²) in [5.41, 5.74) is 4.12. The first kappa shape index (κ1) is 26.2. The number of hydrogen-bond donors (Lipinski definition) is 0.